The molecule has 19 heteroatoms. The van der Waals surface area contributed by atoms with Crippen molar-refractivity contribution >= 4 is 39.5 Å². The third-order valence-electron chi connectivity index (χ3n) is 18.3. The van der Waals surface area contributed by atoms with E-state index in [1.54, 1.807) is 0 Å². The molecule has 0 radical (unpaired) electrons. The fourth-order valence-electron chi connectivity index (χ4n) is 12.0. The van der Waals surface area contributed by atoms with Crippen LogP contribution in [0.15, 0.2) is 24.3 Å². The van der Waals surface area contributed by atoms with Crippen LogP contribution in [0.3, 0.4) is 0 Å². The highest BCUT2D eigenvalue weighted by Crippen LogP contribution is 2.45. The average molecular weight is 1460 g/mol. The van der Waals surface area contributed by atoms with Crippen LogP contribution in [0, 0.1) is 11.8 Å². The van der Waals surface area contributed by atoms with Crippen LogP contribution in [0.2, 0.25) is 0 Å². The van der Waals surface area contributed by atoms with Gasteiger partial charge in [-0.05, 0) is 63.2 Å². The Morgan fingerprint density at radius 2 is 0.540 bits per heavy atom. The molecule has 0 aliphatic rings. The molecule has 0 aromatic rings. The molecule has 0 rings (SSSR count). The zero-order chi connectivity index (χ0) is 73.5. The molecule has 0 saturated carbocycles. The minimum atomic E-state index is -4.97. The zero-order valence-corrected chi connectivity index (χ0v) is 66.8. The third kappa shape index (κ3) is 73.8. The second-order valence-corrected chi connectivity index (χ2v) is 32.3. The lowest BCUT2D eigenvalue weighted by molar-refractivity contribution is -0.161. The largest absolute Gasteiger partial charge is 0.472 e. The van der Waals surface area contributed by atoms with Crippen LogP contribution in [-0.4, -0.2) is 96.7 Å². The van der Waals surface area contributed by atoms with Gasteiger partial charge in [0.1, 0.15) is 19.3 Å². The topological polar surface area (TPSA) is 237 Å². The lowest BCUT2D eigenvalue weighted by Crippen LogP contribution is -2.30. The van der Waals surface area contributed by atoms with E-state index in [1.807, 2.05) is 0 Å². The fraction of sp³-hybridized carbons (Fsp3) is 0.901. The summed E-state index contributed by atoms with van der Waals surface area (Å²) < 4.78 is 68.5. The number of aliphatic hydroxyl groups excluding tert-OH is 1. The number of phosphoric acid groups is 2. The first-order chi connectivity index (χ1) is 48.4. The van der Waals surface area contributed by atoms with Gasteiger partial charge in [0.05, 0.1) is 26.4 Å². The first kappa shape index (κ1) is 97.5. The van der Waals surface area contributed by atoms with Gasteiger partial charge in [-0.25, -0.2) is 9.13 Å². The molecule has 17 nitrogen and oxygen atoms in total. The van der Waals surface area contributed by atoms with Gasteiger partial charge < -0.3 is 33.8 Å². The number of unbranched alkanes of at least 4 members (excludes halogenated alkanes) is 45. The number of esters is 4. The lowest BCUT2D eigenvalue weighted by atomic mass is 10.0. The van der Waals surface area contributed by atoms with Crippen molar-refractivity contribution in [3.8, 4) is 0 Å². The Kier molecular flexibility index (Phi) is 70.3. The van der Waals surface area contributed by atoms with Crippen molar-refractivity contribution in [2.45, 2.75) is 419 Å². The molecule has 0 bridgehead atoms. The normalized spacial score (nSPS) is 14.1. The molecule has 0 saturated heterocycles. The Labute approximate surface area is 612 Å². The molecule has 3 N–H and O–H groups in total. The maximum Gasteiger partial charge on any atom is 0.472 e. The number of hydrogen-bond donors (Lipinski definition) is 3. The Morgan fingerprint density at radius 1 is 0.310 bits per heavy atom. The molecule has 100 heavy (non-hydrogen) atoms. The molecule has 2 unspecified atom stereocenters. The molecule has 0 heterocycles. The molecule has 5 atom stereocenters. The molecule has 0 aromatic heterocycles. The van der Waals surface area contributed by atoms with Gasteiger partial charge in [0.25, 0.3) is 0 Å². The van der Waals surface area contributed by atoms with Gasteiger partial charge in [-0.2, -0.15) is 0 Å². The average Bonchev–Trinajstić information content (AvgIpc) is 0.959. The van der Waals surface area contributed by atoms with Crippen LogP contribution in [0.5, 0.6) is 0 Å². The molecule has 590 valence electrons. The van der Waals surface area contributed by atoms with Gasteiger partial charge >= 0.3 is 39.5 Å². The van der Waals surface area contributed by atoms with Gasteiger partial charge in [-0.15, -0.1) is 0 Å². The highest BCUT2D eigenvalue weighted by atomic mass is 31.2. The first-order valence-corrected chi connectivity index (χ1v) is 44.3. The van der Waals surface area contributed by atoms with E-state index in [2.05, 4.69) is 65.8 Å². The second-order valence-electron chi connectivity index (χ2n) is 29.4. The molecule has 0 aromatic carbocycles. The number of rotatable bonds is 78. The minimum absolute atomic E-state index is 0.0848. The van der Waals surface area contributed by atoms with Crippen LogP contribution < -0.4 is 0 Å². The smallest absolute Gasteiger partial charge is 0.462 e. The molecule has 0 aliphatic carbocycles. The van der Waals surface area contributed by atoms with Gasteiger partial charge in [0.15, 0.2) is 12.2 Å². The minimum Gasteiger partial charge on any atom is -0.462 e. The summed E-state index contributed by atoms with van der Waals surface area (Å²) in [6.07, 6.45) is 64.8. The van der Waals surface area contributed by atoms with Crippen LogP contribution >= 0.6 is 15.6 Å². The van der Waals surface area contributed by atoms with Crippen molar-refractivity contribution < 1.29 is 80.2 Å². The fourth-order valence-corrected chi connectivity index (χ4v) is 13.6. The summed E-state index contributed by atoms with van der Waals surface area (Å²) in [7, 11) is -9.93. The summed E-state index contributed by atoms with van der Waals surface area (Å²) in [5.74, 6) is -0.527. The van der Waals surface area contributed by atoms with Crippen LogP contribution in [0.1, 0.15) is 401 Å². The molecular formula is C81H154O17P2. The molecule has 0 fully saturated rings. The first-order valence-electron chi connectivity index (χ1n) is 41.3. The van der Waals surface area contributed by atoms with Crippen molar-refractivity contribution in [2.24, 2.45) is 11.8 Å². The van der Waals surface area contributed by atoms with Crippen molar-refractivity contribution in [1.82, 2.24) is 0 Å². The molecule has 0 aliphatic heterocycles. The van der Waals surface area contributed by atoms with E-state index < -0.39 is 97.5 Å². The summed E-state index contributed by atoms with van der Waals surface area (Å²) in [6, 6.07) is 0. The number of ether oxygens (including phenoxy) is 4. The number of phosphoric ester groups is 2. The van der Waals surface area contributed by atoms with Gasteiger partial charge in [0, 0.05) is 25.7 Å². The Morgan fingerprint density at radius 3 is 0.820 bits per heavy atom. The van der Waals surface area contributed by atoms with Gasteiger partial charge in [0.2, 0.25) is 0 Å². The summed E-state index contributed by atoms with van der Waals surface area (Å²) in [4.78, 5) is 72.8. The maximum absolute atomic E-state index is 13.1. The lowest BCUT2D eigenvalue weighted by Gasteiger charge is -2.21. The van der Waals surface area contributed by atoms with Crippen molar-refractivity contribution in [3.63, 3.8) is 0 Å². The van der Waals surface area contributed by atoms with Gasteiger partial charge in [-0.1, -0.05) is 348 Å². The summed E-state index contributed by atoms with van der Waals surface area (Å²) in [5, 5.41) is 10.6. The van der Waals surface area contributed by atoms with Crippen molar-refractivity contribution in [3.05, 3.63) is 24.3 Å². The van der Waals surface area contributed by atoms with Crippen LogP contribution in [0.4, 0.5) is 0 Å². The Balaban J connectivity index is 5.20. The van der Waals surface area contributed by atoms with E-state index in [0.29, 0.717) is 25.7 Å². The number of hydrogen-bond acceptors (Lipinski definition) is 15. The summed E-state index contributed by atoms with van der Waals surface area (Å²) in [6.45, 7) is 9.58. The highest BCUT2D eigenvalue weighted by molar-refractivity contribution is 7.47. The van der Waals surface area contributed by atoms with Gasteiger partial charge in [-0.3, -0.25) is 37.3 Å². The van der Waals surface area contributed by atoms with Crippen molar-refractivity contribution in [2.75, 3.05) is 39.6 Å². The third-order valence-corrected chi connectivity index (χ3v) is 20.2. The maximum atomic E-state index is 13.1. The van der Waals surface area contributed by atoms with E-state index in [0.717, 1.165) is 127 Å². The predicted octanol–water partition coefficient (Wildman–Crippen LogP) is 23.8. The van der Waals surface area contributed by atoms with E-state index in [4.69, 9.17) is 37.0 Å². The van der Waals surface area contributed by atoms with E-state index in [1.165, 1.54) is 193 Å². The molecule has 0 amide bonds. The van der Waals surface area contributed by atoms with E-state index >= 15 is 0 Å². The quantitative estimate of drug-likeness (QED) is 0.0169. The summed E-state index contributed by atoms with van der Waals surface area (Å²) in [5.41, 5.74) is 0. The molecule has 0 spiro atoms. The number of carbonyl (C=O) groups is 4. The van der Waals surface area contributed by atoms with Crippen LogP contribution in [0.25, 0.3) is 0 Å². The standard InChI is InChI=1S/C81H154O17P2/c1-7-9-11-13-15-16-17-18-23-31-36-41-47-53-59-65-80(85)97-76(69-91-78(83)63-57-51-43-14-12-10-8-2)71-95-99(87,88)93-67-75(82)68-94-100(89,90)96-72-77(70-92-79(84)64-58-52-46-40-35-30-27-26-29-34-39-45-50-56-62-74(5)6)98-81(86)66-60-54-48-42-37-32-25-22-20-19-21-24-28-33-38-44-49-55-61-73(3)4/h16-18,23,73-77,82H,7-15,19-22,24-72H2,1-6H3,(H,87,88)(H,89,90)/b17-16-,23-18-/t75-,76+,77+/m0/s1. The van der Waals surface area contributed by atoms with Crippen molar-refractivity contribution in [1.29, 1.82) is 0 Å². The Hall–Kier alpha value is -2.46. The number of aliphatic hydroxyl groups is 1. The highest BCUT2D eigenvalue weighted by Gasteiger charge is 2.30. The SMILES string of the molecule is CCCCCC/C=C\C=C/CCCCCCCC(=O)O[C@H](COC(=O)CCCCCCCCC)COP(=O)(O)OC[C@H](O)COP(=O)(O)OC[C@@H](COC(=O)CCCCCCCCCCCCCCCCC(C)C)OC(=O)CCCCCCCCCCCCCCCCCCCCC(C)C. The van der Waals surface area contributed by atoms with Crippen LogP contribution in [-0.2, 0) is 65.4 Å². The summed E-state index contributed by atoms with van der Waals surface area (Å²) >= 11 is 0. The zero-order valence-electron chi connectivity index (χ0n) is 65.0. The number of carbonyl (C=O) groups excluding carboxylic acids is 4. The Bertz CT molecular complexity index is 2020. The second kappa shape index (κ2) is 72.1. The van der Waals surface area contributed by atoms with E-state index in [9.17, 15) is 43.2 Å². The predicted molar refractivity (Wildman–Crippen MR) is 409 cm³/mol. The van der Waals surface area contributed by atoms with E-state index in [-0.39, 0.29) is 25.7 Å². The molecular weight excluding hydrogens is 1310 g/mol. The monoisotopic (exact) mass is 1460 g/mol. The number of allylic oxidation sites excluding steroid dienone is 4.